The van der Waals surface area contributed by atoms with Crippen LogP contribution in [0.25, 0.3) is 5.57 Å². The number of nitrogens with one attached hydrogen (secondary N) is 1. The SMILES string of the molecule is Clc1ccc2c(c1)C(=C1CCNCC1)c1ncnn1CC2. The Kier molecular flexibility index (Phi) is 3.28. The number of rotatable bonds is 0. The molecule has 21 heavy (non-hydrogen) atoms. The van der Waals surface area contributed by atoms with Gasteiger partial charge in [-0.05, 0) is 55.6 Å². The van der Waals surface area contributed by atoms with Gasteiger partial charge >= 0.3 is 0 Å². The van der Waals surface area contributed by atoms with Gasteiger partial charge in [0.2, 0.25) is 0 Å². The maximum Gasteiger partial charge on any atom is 0.158 e. The van der Waals surface area contributed by atoms with Crippen molar-refractivity contribution in [3.05, 3.63) is 52.1 Å². The summed E-state index contributed by atoms with van der Waals surface area (Å²) in [5.41, 5.74) is 5.30. The maximum absolute atomic E-state index is 6.26. The van der Waals surface area contributed by atoms with Gasteiger partial charge in [0, 0.05) is 17.1 Å². The van der Waals surface area contributed by atoms with Crippen LogP contribution in [0.15, 0.2) is 30.1 Å². The predicted molar refractivity (Wildman–Crippen MR) is 83.3 cm³/mol. The summed E-state index contributed by atoms with van der Waals surface area (Å²) < 4.78 is 2.03. The smallest absolute Gasteiger partial charge is 0.158 e. The molecule has 1 fully saturated rings. The van der Waals surface area contributed by atoms with Crippen LogP contribution in [-0.4, -0.2) is 27.9 Å². The molecule has 1 aromatic heterocycles. The summed E-state index contributed by atoms with van der Waals surface area (Å²) >= 11 is 6.26. The monoisotopic (exact) mass is 300 g/mol. The van der Waals surface area contributed by atoms with Gasteiger partial charge in [0.25, 0.3) is 0 Å². The standard InChI is InChI=1S/C16H17ClN4/c17-13-2-1-11-5-8-21-16(19-10-20-21)15(14(11)9-13)12-3-6-18-7-4-12/h1-2,9-10,18H,3-8H2. The van der Waals surface area contributed by atoms with E-state index in [1.807, 2.05) is 10.7 Å². The zero-order valence-electron chi connectivity index (χ0n) is 11.8. The molecule has 2 aliphatic rings. The lowest BCUT2D eigenvalue weighted by Crippen LogP contribution is -2.24. The van der Waals surface area contributed by atoms with E-state index in [-0.39, 0.29) is 0 Å². The number of halogens is 1. The number of fused-ring (bicyclic) bond motifs is 2. The van der Waals surface area contributed by atoms with Crippen LogP contribution in [0.4, 0.5) is 0 Å². The van der Waals surface area contributed by atoms with Crippen molar-refractivity contribution in [2.24, 2.45) is 0 Å². The van der Waals surface area contributed by atoms with Crippen molar-refractivity contribution < 1.29 is 0 Å². The lowest BCUT2D eigenvalue weighted by atomic mass is 9.90. The molecule has 4 nitrogen and oxygen atoms in total. The van der Waals surface area contributed by atoms with Crippen molar-refractivity contribution in [1.29, 1.82) is 0 Å². The predicted octanol–water partition coefficient (Wildman–Crippen LogP) is 2.67. The van der Waals surface area contributed by atoms with Crippen molar-refractivity contribution in [2.75, 3.05) is 13.1 Å². The second-order valence-corrected chi connectivity index (χ2v) is 6.02. The molecule has 0 unspecified atom stereocenters. The van der Waals surface area contributed by atoms with E-state index < -0.39 is 0 Å². The van der Waals surface area contributed by atoms with Crippen LogP contribution in [0.5, 0.6) is 0 Å². The molecule has 0 atom stereocenters. The Morgan fingerprint density at radius 3 is 2.86 bits per heavy atom. The third-order valence-electron chi connectivity index (χ3n) is 4.33. The topological polar surface area (TPSA) is 42.7 Å². The maximum atomic E-state index is 6.26. The summed E-state index contributed by atoms with van der Waals surface area (Å²) in [6, 6.07) is 6.21. The van der Waals surface area contributed by atoms with E-state index >= 15 is 0 Å². The molecular formula is C16H17ClN4. The summed E-state index contributed by atoms with van der Waals surface area (Å²) in [7, 11) is 0. The fourth-order valence-corrected chi connectivity index (χ4v) is 3.47. The quantitative estimate of drug-likeness (QED) is 0.813. The second-order valence-electron chi connectivity index (χ2n) is 5.59. The molecule has 1 N–H and O–H groups in total. The minimum atomic E-state index is 0.786. The van der Waals surface area contributed by atoms with E-state index in [1.54, 1.807) is 6.33 Å². The first kappa shape index (κ1) is 13.0. The van der Waals surface area contributed by atoms with E-state index in [0.717, 1.165) is 49.7 Å². The molecular weight excluding hydrogens is 284 g/mol. The molecule has 0 aliphatic carbocycles. The molecule has 0 bridgehead atoms. The molecule has 0 amide bonds. The Balaban J connectivity index is 1.98. The average Bonchev–Trinajstić information content (AvgIpc) is 2.91. The number of aromatic nitrogens is 3. The van der Waals surface area contributed by atoms with Crippen molar-refractivity contribution in [1.82, 2.24) is 20.1 Å². The average molecular weight is 301 g/mol. The molecule has 2 aliphatic heterocycles. The normalized spacial score (nSPS) is 18.1. The Morgan fingerprint density at radius 2 is 2.00 bits per heavy atom. The van der Waals surface area contributed by atoms with Crippen LogP contribution in [0.3, 0.4) is 0 Å². The minimum Gasteiger partial charge on any atom is -0.316 e. The van der Waals surface area contributed by atoms with Crippen molar-refractivity contribution >= 4 is 17.2 Å². The van der Waals surface area contributed by atoms with E-state index in [0.29, 0.717) is 0 Å². The summed E-state index contributed by atoms with van der Waals surface area (Å²) in [6.45, 7) is 2.94. The third-order valence-corrected chi connectivity index (χ3v) is 4.57. The minimum absolute atomic E-state index is 0.786. The van der Waals surface area contributed by atoms with Gasteiger partial charge in [-0.2, -0.15) is 5.10 Å². The van der Waals surface area contributed by atoms with Crippen LogP contribution in [0.2, 0.25) is 5.02 Å². The molecule has 0 radical (unpaired) electrons. The fraction of sp³-hybridized carbons (Fsp3) is 0.375. The Bertz CT molecular complexity index is 709. The van der Waals surface area contributed by atoms with E-state index in [1.165, 1.54) is 22.3 Å². The van der Waals surface area contributed by atoms with Crippen molar-refractivity contribution in [3.8, 4) is 0 Å². The molecule has 5 heteroatoms. The highest BCUT2D eigenvalue weighted by molar-refractivity contribution is 6.30. The largest absolute Gasteiger partial charge is 0.316 e. The van der Waals surface area contributed by atoms with Crippen LogP contribution in [0, 0.1) is 0 Å². The molecule has 3 heterocycles. The Morgan fingerprint density at radius 1 is 1.14 bits per heavy atom. The van der Waals surface area contributed by atoms with Crippen LogP contribution < -0.4 is 5.32 Å². The summed E-state index contributed by atoms with van der Waals surface area (Å²) in [4.78, 5) is 4.53. The van der Waals surface area contributed by atoms with E-state index in [9.17, 15) is 0 Å². The zero-order valence-corrected chi connectivity index (χ0v) is 12.5. The highest BCUT2D eigenvalue weighted by Crippen LogP contribution is 2.35. The summed E-state index contributed by atoms with van der Waals surface area (Å²) in [6.07, 6.45) is 4.76. The van der Waals surface area contributed by atoms with Gasteiger partial charge in [-0.1, -0.05) is 23.2 Å². The van der Waals surface area contributed by atoms with Gasteiger partial charge < -0.3 is 5.32 Å². The number of nitrogens with zero attached hydrogens (tertiary/aromatic N) is 3. The molecule has 0 spiro atoms. The van der Waals surface area contributed by atoms with Gasteiger partial charge in [-0.3, -0.25) is 0 Å². The first-order valence-corrected chi connectivity index (χ1v) is 7.80. The molecule has 4 rings (SSSR count). The number of hydrogen-bond donors (Lipinski definition) is 1. The van der Waals surface area contributed by atoms with Gasteiger partial charge in [0.1, 0.15) is 6.33 Å². The van der Waals surface area contributed by atoms with Gasteiger partial charge in [-0.25, -0.2) is 9.67 Å². The fourth-order valence-electron chi connectivity index (χ4n) is 3.29. The highest BCUT2D eigenvalue weighted by atomic mass is 35.5. The Labute approximate surface area is 128 Å². The number of hydrogen-bond acceptors (Lipinski definition) is 3. The first-order chi connectivity index (χ1) is 10.3. The zero-order chi connectivity index (χ0) is 14.2. The van der Waals surface area contributed by atoms with E-state index in [4.69, 9.17) is 11.6 Å². The second kappa shape index (κ2) is 5.28. The third kappa shape index (κ3) is 2.28. The van der Waals surface area contributed by atoms with E-state index in [2.05, 4.69) is 27.5 Å². The lowest BCUT2D eigenvalue weighted by Gasteiger charge is -2.20. The molecule has 0 saturated carbocycles. The molecule has 1 aromatic carbocycles. The molecule has 1 saturated heterocycles. The number of piperidine rings is 1. The number of aryl methyl sites for hydroxylation is 2. The van der Waals surface area contributed by atoms with Crippen LogP contribution in [0.1, 0.15) is 29.8 Å². The number of benzene rings is 1. The lowest BCUT2D eigenvalue weighted by molar-refractivity contribution is 0.602. The van der Waals surface area contributed by atoms with Crippen molar-refractivity contribution in [2.45, 2.75) is 25.8 Å². The highest BCUT2D eigenvalue weighted by Gasteiger charge is 2.24. The first-order valence-electron chi connectivity index (χ1n) is 7.42. The van der Waals surface area contributed by atoms with Crippen LogP contribution >= 0.6 is 11.6 Å². The molecule has 108 valence electrons. The Hall–Kier alpha value is -1.65. The van der Waals surface area contributed by atoms with Gasteiger partial charge in [0.15, 0.2) is 5.82 Å². The summed E-state index contributed by atoms with van der Waals surface area (Å²) in [5.74, 6) is 0.993. The van der Waals surface area contributed by atoms with Crippen molar-refractivity contribution in [3.63, 3.8) is 0 Å². The van der Waals surface area contributed by atoms with Gasteiger partial charge in [0.05, 0.1) is 0 Å². The van der Waals surface area contributed by atoms with Crippen LogP contribution in [-0.2, 0) is 13.0 Å². The molecule has 2 aromatic rings. The van der Waals surface area contributed by atoms with Gasteiger partial charge in [-0.15, -0.1) is 0 Å². The summed E-state index contributed by atoms with van der Waals surface area (Å²) in [5, 5.41) is 8.60.